The van der Waals surface area contributed by atoms with E-state index in [0.29, 0.717) is 19.1 Å². The van der Waals surface area contributed by atoms with E-state index in [0.717, 1.165) is 6.42 Å². The van der Waals surface area contributed by atoms with E-state index in [9.17, 15) is 30.0 Å². The van der Waals surface area contributed by atoms with Gasteiger partial charge in [0, 0.05) is 31.9 Å². The molecular formula is C44H74N2O14. The molecule has 344 valence electrons. The van der Waals surface area contributed by atoms with Crippen LogP contribution in [-0.4, -0.2) is 181 Å². The summed E-state index contributed by atoms with van der Waals surface area (Å²) in [6.07, 6.45) is -2.54. The summed E-state index contributed by atoms with van der Waals surface area (Å²) >= 11 is 0. The molecule has 4 rings (SSSR count). The third-order valence-corrected chi connectivity index (χ3v) is 12.5. The number of aliphatic hydroxyl groups excluding tert-OH is 3. The summed E-state index contributed by atoms with van der Waals surface area (Å²) in [7, 11) is 8.97. The zero-order chi connectivity index (χ0) is 44.6. The third-order valence-electron chi connectivity index (χ3n) is 12.5. The number of cyclic esters (lactones) is 1. The minimum atomic E-state index is -1.48. The second-order valence-corrected chi connectivity index (χ2v) is 17.9. The van der Waals surface area contributed by atoms with Gasteiger partial charge >= 0.3 is 5.97 Å². The van der Waals surface area contributed by atoms with E-state index in [-0.39, 0.29) is 36.5 Å². The van der Waals surface area contributed by atoms with Crippen molar-refractivity contribution >= 4 is 12.3 Å². The van der Waals surface area contributed by atoms with Crippen molar-refractivity contribution in [1.29, 1.82) is 0 Å². The molecule has 0 spiro atoms. The molecule has 3 fully saturated rings. The molecule has 4 aliphatic heterocycles. The lowest BCUT2D eigenvalue weighted by atomic mass is 9.80. The summed E-state index contributed by atoms with van der Waals surface area (Å²) in [5.74, 6) is -1.79. The van der Waals surface area contributed by atoms with Crippen molar-refractivity contribution in [3.8, 4) is 0 Å². The Morgan fingerprint density at radius 2 is 1.57 bits per heavy atom. The average molecular weight is 855 g/mol. The van der Waals surface area contributed by atoms with Gasteiger partial charge in [-0.15, -0.1) is 0 Å². The van der Waals surface area contributed by atoms with Crippen LogP contribution in [0, 0.1) is 11.8 Å². The molecule has 0 saturated carbocycles. The minimum Gasteiger partial charge on any atom is -0.462 e. The van der Waals surface area contributed by atoms with Crippen LogP contribution in [0.4, 0.5) is 0 Å². The van der Waals surface area contributed by atoms with Crippen LogP contribution < -0.4 is 0 Å². The number of carbonyl (C=O) groups excluding carboxylic acids is 2. The van der Waals surface area contributed by atoms with E-state index < -0.39 is 110 Å². The number of allylic oxidation sites excluding steroid dienone is 2. The first-order valence-corrected chi connectivity index (χ1v) is 21.4. The Morgan fingerprint density at radius 1 is 0.883 bits per heavy atom. The molecule has 4 N–H and O–H groups in total. The molecule has 60 heavy (non-hydrogen) atoms. The van der Waals surface area contributed by atoms with Crippen LogP contribution in [-0.2, 0) is 47.5 Å². The Balaban J connectivity index is 1.70. The number of aldehydes is 1. The number of esters is 1. The van der Waals surface area contributed by atoms with Gasteiger partial charge in [-0.3, -0.25) is 9.59 Å². The zero-order valence-electron chi connectivity index (χ0n) is 37.5. The number of methoxy groups -OCH3 is 1. The van der Waals surface area contributed by atoms with Crippen molar-refractivity contribution in [1.82, 2.24) is 9.80 Å². The first-order valence-electron chi connectivity index (χ1n) is 21.4. The van der Waals surface area contributed by atoms with Crippen molar-refractivity contribution in [2.45, 2.75) is 184 Å². The molecule has 0 radical (unpaired) electrons. The molecule has 0 aromatic carbocycles. The fourth-order valence-electron chi connectivity index (χ4n) is 9.06. The van der Waals surface area contributed by atoms with Gasteiger partial charge in [0.15, 0.2) is 18.9 Å². The largest absolute Gasteiger partial charge is 0.462 e. The SMILES string of the molecule is C=C(C=O)C1CC(C)C(OC2CCC(N(C)C)C(C)O2)C=CC=CCC(C)OC(=O)CC(O)C(OC)C1OC1OC(C)C(OC2CC(C)(O)C(O)C(C)O2)C(N(C)C)C1O. The molecule has 0 aromatic rings. The molecule has 3 saturated heterocycles. The Labute approximate surface area is 356 Å². The number of hydrogen-bond donors (Lipinski definition) is 4. The maximum atomic E-state index is 13.1. The number of aliphatic hydroxyl groups is 4. The average Bonchev–Trinajstić information content (AvgIpc) is 3.15. The van der Waals surface area contributed by atoms with Gasteiger partial charge < -0.3 is 68.1 Å². The second kappa shape index (κ2) is 22.5. The highest BCUT2D eigenvalue weighted by atomic mass is 16.7. The molecule has 0 amide bonds. The number of nitrogens with zero attached hydrogens (tertiary/aromatic N) is 2. The van der Waals surface area contributed by atoms with E-state index in [1.807, 2.05) is 52.2 Å². The van der Waals surface area contributed by atoms with Crippen molar-refractivity contribution < 1.29 is 67.9 Å². The molecule has 4 heterocycles. The number of ether oxygens (including phenoxy) is 8. The summed E-state index contributed by atoms with van der Waals surface area (Å²) < 4.78 is 50.0. The molecule has 16 heteroatoms. The first-order chi connectivity index (χ1) is 28.2. The van der Waals surface area contributed by atoms with E-state index in [2.05, 4.69) is 11.5 Å². The zero-order valence-corrected chi connectivity index (χ0v) is 37.5. The number of rotatable bonds is 11. The number of carbonyl (C=O) groups is 2. The smallest absolute Gasteiger partial charge is 0.308 e. The Morgan fingerprint density at radius 3 is 2.17 bits per heavy atom. The summed E-state index contributed by atoms with van der Waals surface area (Å²) in [6.45, 7) is 14.8. The number of likely N-dealkylation sites (N-methyl/N-ethyl adjacent to an activating group) is 2. The van der Waals surface area contributed by atoms with Crippen molar-refractivity contribution in [3.63, 3.8) is 0 Å². The lowest BCUT2D eigenvalue weighted by Gasteiger charge is -2.50. The maximum absolute atomic E-state index is 13.1. The van der Waals surface area contributed by atoms with E-state index >= 15 is 0 Å². The summed E-state index contributed by atoms with van der Waals surface area (Å²) in [5.41, 5.74) is -1.34. The molecule has 19 unspecified atom stereocenters. The van der Waals surface area contributed by atoms with Crippen LogP contribution in [0.1, 0.15) is 80.1 Å². The van der Waals surface area contributed by atoms with E-state index in [1.165, 1.54) is 14.0 Å². The first kappa shape index (κ1) is 50.5. The lowest BCUT2D eigenvalue weighted by molar-refractivity contribution is -0.343. The van der Waals surface area contributed by atoms with Gasteiger partial charge in [-0.25, -0.2) is 0 Å². The van der Waals surface area contributed by atoms with Gasteiger partial charge in [-0.05, 0) is 93.6 Å². The molecule has 16 nitrogen and oxygen atoms in total. The topological polar surface area (TPSA) is 195 Å². The summed E-state index contributed by atoms with van der Waals surface area (Å²) in [5, 5.41) is 45.2. The predicted molar refractivity (Wildman–Crippen MR) is 221 cm³/mol. The molecule has 0 aliphatic carbocycles. The lowest BCUT2D eigenvalue weighted by Crippen LogP contribution is -2.65. The van der Waals surface area contributed by atoms with Crippen LogP contribution in [0.25, 0.3) is 0 Å². The van der Waals surface area contributed by atoms with Gasteiger partial charge in [-0.1, -0.05) is 37.8 Å². The predicted octanol–water partition coefficient (Wildman–Crippen LogP) is 2.49. The van der Waals surface area contributed by atoms with Crippen LogP contribution in [0.2, 0.25) is 0 Å². The monoisotopic (exact) mass is 855 g/mol. The summed E-state index contributed by atoms with van der Waals surface area (Å²) in [4.78, 5) is 29.8. The fraction of sp³-hybridized carbons (Fsp3) is 0.818. The van der Waals surface area contributed by atoms with E-state index in [1.54, 1.807) is 39.8 Å². The van der Waals surface area contributed by atoms with Crippen LogP contribution >= 0.6 is 0 Å². The van der Waals surface area contributed by atoms with Crippen LogP contribution in [0.3, 0.4) is 0 Å². The maximum Gasteiger partial charge on any atom is 0.308 e. The van der Waals surface area contributed by atoms with Crippen molar-refractivity contribution in [3.05, 3.63) is 36.5 Å². The normalized spacial score (nSPS) is 44.1. The standard InChI is InChI=1S/C44H74N2O14/c1-24-20-30(25(2)23-47)40(60-43-38(50)37(46(10)11)39(28(5)57-43)59-36-22-44(7,52)42(51)29(6)56-36)41(53-12)32(48)21-34(49)54-26(3)16-14-13-15-17-33(24)58-35-19-18-31(45(8)9)27(4)55-35/h13-15,17,23-24,26-33,35-43,48,50-52H,2,16,18-22H2,1,3-12H3. The quantitative estimate of drug-likeness (QED) is 0.134. The Bertz CT molecular complexity index is 1440. The van der Waals surface area contributed by atoms with E-state index in [4.69, 9.17) is 37.9 Å². The van der Waals surface area contributed by atoms with Gasteiger partial charge in [-0.2, -0.15) is 0 Å². The van der Waals surface area contributed by atoms with Gasteiger partial charge in [0.2, 0.25) is 0 Å². The van der Waals surface area contributed by atoms with Gasteiger partial charge in [0.05, 0.1) is 54.7 Å². The van der Waals surface area contributed by atoms with Crippen LogP contribution in [0.15, 0.2) is 36.5 Å². The van der Waals surface area contributed by atoms with Gasteiger partial charge in [0.25, 0.3) is 0 Å². The minimum absolute atomic E-state index is 0.0268. The Kier molecular flexibility index (Phi) is 18.9. The Hall–Kier alpha value is -2.16. The highest BCUT2D eigenvalue weighted by molar-refractivity contribution is 5.73. The number of hydrogen-bond acceptors (Lipinski definition) is 16. The summed E-state index contributed by atoms with van der Waals surface area (Å²) in [6, 6.07) is -0.510. The van der Waals surface area contributed by atoms with Crippen molar-refractivity contribution in [2.24, 2.45) is 11.8 Å². The van der Waals surface area contributed by atoms with Crippen LogP contribution in [0.5, 0.6) is 0 Å². The third kappa shape index (κ3) is 13.0. The molecule has 4 aliphatic rings. The fourth-order valence-corrected chi connectivity index (χ4v) is 9.06. The molecule has 0 aromatic heterocycles. The van der Waals surface area contributed by atoms with Crippen molar-refractivity contribution in [2.75, 3.05) is 35.3 Å². The molecular weight excluding hydrogens is 780 g/mol. The highest BCUT2D eigenvalue weighted by Gasteiger charge is 2.52. The van der Waals surface area contributed by atoms with Gasteiger partial charge in [0.1, 0.15) is 36.8 Å². The second-order valence-electron chi connectivity index (χ2n) is 17.9. The highest BCUT2D eigenvalue weighted by Crippen LogP contribution is 2.38. The molecule has 19 atom stereocenters. The molecule has 0 bridgehead atoms.